The van der Waals surface area contributed by atoms with Crippen molar-refractivity contribution in [2.45, 2.75) is 238 Å². The number of rotatable bonds is 51. The first-order chi connectivity index (χ1) is 34.0. The summed E-state index contributed by atoms with van der Waals surface area (Å²) in [5.41, 5.74) is 0. The summed E-state index contributed by atoms with van der Waals surface area (Å²) in [5.74, 6) is -0.848. The number of quaternary nitrogens is 1. The van der Waals surface area contributed by atoms with Crippen LogP contribution < -0.4 is 4.89 Å². The highest BCUT2D eigenvalue weighted by molar-refractivity contribution is 7.45. The van der Waals surface area contributed by atoms with E-state index in [-0.39, 0.29) is 26.1 Å². The van der Waals surface area contributed by atoms with Gasteiger partial charge in [-0.3, -0.25) is 14.2 Å². The smallest absolute Gasteiger partial charge is 0.306 e. The number of phosphoric ester groups is 1. The number of phosphoric acid groups is 1. The van der Waals surface area contributed by atoms with Crippen LogP contribution in [0, 0.1) is 0 Å². The second kappa shape index (κ2) is 51.1. The Bertz CT molecular complexity index is 1460. The van der Waals surface area contributed by atoms with Crippen LogP contribution in [0.3, 0.4) is 0 Å². The van der Waals surface area contributed by atoms with Crippen LogP contribution in [0.1, 0.15) is 232 Å². The summed E-state index contributed by atoms with van der Waals surface area (Å²) in [5, 5.41) is 0. The van der Waals surface area contributed by atoms with Crippen LogP contribution in [0.2, 0.25) is 0 Å². The molecule has 0 aliphatic heterocycles. The van der Waals surface area contributed by atoms with Crippen molar-refractivity contribution in [3.63, 3.8) is 0 Å². The normalized spacial score (nSPS) is 14.0. The zero-order chi connectivity index (χ0) is 51.3. The van der Waals surface area contributed by atoms with E-state index in [4.69, 9.17) is 18.5 Å². The maximum atomic E-state index is 12.8. The van der Waals surface area contributed by atoms with Gasteiger partial charge in [0.05, 0.1) is 27.7 Å². The van der Waals surface area contributed by atoms with Crippen LogP contribution >= 0.6 is 7.82 Å². The summed E-state index contributed by atoms with van der Waals surface area (Å²) in [6.07, 6.45) is 67.6. The molecule has 0 saturated carbocycles. The molecule has 10 heteroatoms. The Hall–Kier alpha value is -2.81. The van der Waals surface area contributed by atoms with Crippen molar-refractivity contribution in [3.05, 3.63) is 85.1 Å². The van der Waals surface area contributed by atoms with Gasteiger partial charge in [0.1, 0.15) is 19.8 Å². The molecular weight excluding hydrogens is 894 g/mol. The third kappa shape index (κ3) is 54.5. The van der Waals surface area contributed by atoms with Crippen molar-refractivity contribution in [3.8, 4) is 0 Å². The van der Waals surface area contributed by atoms with Crippen LogP contribution in [0.25, 0.3) is 0 Å². The third-order valence-corrected chi connectivity index (χ3v) is 12.9. The lowest BCUT2D eigenvalue weighted by Gasteiger charge is -2.28. The fourth-order valence-electron chi connectivity index (χ4n) is 7.54. The van der Waals surface area contributed by atoms with Gasteiger partial charge in [0.2, 0.25) is 0 Å². The molecule has 9 nitrogen and oxygen atoms in total. The Morgan fingerprint density at radius 2 is 0.814 bits per heavy atom. The van der Waals surface area contributed by atoms with E-state index < -0.39 is 32.5 Å². The molecular formula is C60H106NO8P. The van der Waals surface area contributed by atoms with Crippen molar-refractivity contribution in [1.29, 1.82) is 0 Å². The molecule has 0 amide bonds. The Kier molecular flexibility index (Phi) is 49.1. The zero-order valence-corrected chi connectivity index (χ0v) is 46.6. The van der Waals surface area contributed by atoms with E-state index in [2.05, 4.69) is 98.9 Å². The molecule has 0 aliphatic rings. The lowest BCUT2D eigenvalue weighted by Crippen LogP contribution is -2.37. The Morgan fingerprint density at radius 3 is 1.21 bits per heavy atom. The van der Waals surface area contributed by atoms with Gasteiger partial charge < -0.3 is 27.9 Å². The lowest BCUT2D eigenvalue weighted by atomic mass is 10.0. The highest BCUT2D eigenvalue weighted by Gasteiger charge is 2.21. The van der Waals surface area contributed by atoms with Gasteiger partial charge in [0.25, 0.3) is 7.82 Å². The molecule has 2 unspecified atom stereocenters. The van der Waals surface area contributed by atoms with Gasteiger partial charge in [0, 0.05) is 12.8 Å². The number of hydrogen-bond acceptors (Lipinski definition) is 8. The first-order valence-corrected chi connectivity index (χ1v) is 29.8. The summed E-state index contributed by atoms with van der Waals surface area (Å²) in [6, 6.07) is 0. The van der Waals surface area contributed by atoms with E-state index in [1.54, 1.807) is 0 Å². The Balaban J connectivity index is 4.23. The van der Waals surface area contributed by atoms with Gasteiger partial charge in [0.15, 0.2) is 6.10 Å². The minimum atomic E-state index is -4.64. The zero-order valence-electron chi connectivity index (χ0n) is 45.7. The van der Waals surface area contributed by atoms with Gasteiger partial charge in [-0.15, -0.1) is 0 Å². The maximum absolute atomic E-state index is 12.8. The summed E-state index contributed by atoms with van der Waals surface area (Å²) in [4.78, 5) is 37.9. The minimum Gasteiger partial charge on any atom is -0.756 e. The van der Waals surface area contributed by atoms with Crippen LogP contribution in [0.15, 0.2) is 85.1 Å². The van der Waals surface area contributed by atoms with E-state index in [0.717, 1.165) is 96.3 Å². The number of allylic oxidation sites excluding steroid dienone is 14. The molecule has 70 heavy (non-hydrogen) atoms. The van der Waals surface area contributed by atoms with E-state index in [1.165, 1.54) is 103 Å². The van der Waals surface area contributed by atoms with E-state index >= 15 is 0 Å². The van der Waals surface area contributed by atoms with Crippen LogP contribution in [-0.4, -0.2) is 70.0 Å². The van der Waals surface area contributed by atoms with E-state index in [1.807, 2.05) is 21.1 Å². The number of hydrogen-bond donors (Lipinski definition) is 0. The topological polar surface area (TPSA) is 111 Å². The molecule has 0 aromatic carbocycles. The fourth-order valence-corrected chi connectivity index (χ4v) is 8.26. The summed E-state index contributed by atoms with van der Waals surface area (Å²) in [7, 11) is 1.15. The monoisotopic (exact) mass is 1000 g/mol. The molecule has 2 atom stereocenters. The summed E-state index contributed by atoms with van der Waals surface area (Å²) >= 11 is 0. The van der Waals surface area contributed by atoms with Crippen molar-refractivity contribution in [2.75, 3.05) is 47.5 Å². The predicted molar refractivity (Wildman–Crippen MR) is 296 cm³/mol. The molecule has 0 fully saturated rings. The molecule has 0 aliphatic carbocycles. The molecule has 0 bridgehead atoms. The number of esters is 2. The minimum absolute atomic E-state index is 0.0368. The van der Waals surface area contributed by atoms with E-state index in [9.17, 15) is 19.0 Å². The second-order valence-electron chi connectivity index (χ2n) is 19.9. The lowest BCUT2D eigenvalue weighted by molar-refractivity contribution is -0.870. The van der Waals surface area contributed by atoms with Gasteiger partial charge >= 0.3 is 11.9 Å². The second-order valence-corrected chi connectivity index (χ2v) is 21.3. The molecule has 404 valence electrons. The number of ether oxygens (including phenoxy) is 2. The SMILES string of the molecule is CC/C=C\C/C=C\C/C=C\C/C=C\CCCCCCCCCCCCC(=O)OC(COC(=O)CCCCCCCCCC/C=C\C/C=C\C/C=C\CCCCCCC)COP(=O)([O-])OCC[N+](C)(C)C. The number of unbranched alkanes of at least 4 members (excludes halogenated alkanes) is 23. The number of carbonyl (C=O) groups excluding carboxylic acids is 2. The van der Waals surface area contributed by atoms with Crippen LogP contribution in [-0.2, 0) is 32.7 Å². The molecule has 0 aromatic rings. The number of carbonyl (C=O) groups is 2. The van der Waals surface area contributed by atoms with Gasteiger partial charge in [-0.25, -0.2) is 0 Å². The van der Waals surface area contributed by atoms with Crippen molar-refractivity contribution < 1.29 is 42.1 Å². The molecule has 0 saturated heterocycles. The van der Waals surface area contributed by atoms with Gasteiger partial charge in [-0.2, -0.15) is 0 Å². The molecule has 0 heterocycles. The predicted octanol–water partition coefficient (Wildman–Crippen LogP) is 16.8. The quantitative estimate of drug-likeness (QED) is 0.0195. The fraction of sp³-hybridized carbons (Fsp3) is 0.733. The first kappa shape index (κ1) is 67.2. The van der Waals surface area contributed by atoms with Crippen LogP contribution in [0.4, 0.5) is 0 Å². The van der Waals surface area contributed by atoms with Gasteiger partial charge in [-0.1, -0.05) is 214 Å². The Labute approximate surface area is 431 Å². The van der Waals surface area contributed by atoms with Crippen LogP contribution in [0.5, 0.6) is 0 Å². The van der Waals surface area contributed by atoms with Crippen molar-refractivity contribution in [2.24, 2.45) is 0 Å². The molecule has 0 N–H and O–H groups in total. The summed E-state index contributed by atoms with van der Waals surface area (Å²) in [6.45, 7) is 4.11. The van der Waals surface area contributed by atoms with Crippen molar-refractivity contribution in [1.82, 2.24) is 0 Å². The molecule has 0 rings (SSSR count). The molecule has 0 aromatic heterocycles. The van der Waals surface area contributed by atoms with Gasteiger partial charge in [-0.05, 0) is 89.9 Å². The number of likely N-dealkylation sites (N-methyl/N-ethyl adjacent to an activating group) is 1. The highest BCUT2D eigenvalue weighted by Crippen LogP contribution is 2.38. The van der Waals surface area contributed by atoms with E-state index in [0.29, 0.717) is 17.4 Å². The number of nitrogens with zero attached hydrogens (tertiary/aromatic N) is 1. The maximum Gasteiger partial charge on any atom is 0.306 e. The summed E-state index contributed by atoms with van der Waals surface area (Å²) < 4.78 is 34.1. The average molecular weight is 1000 g/mol. The standard InChI is InChI=1S/C60H106NO8P/c1-6-8-10-12-14-16-18-20-22-24-26-28-30-32-34-36-38-40-42-44-46-48-50-52-59(62)66-56-58(57-68-70(64,65)67-55-54-61(3,4)5)69-60(63)53-51-49-47-45-43-41-39-37-35-33-31-29-27-25-23-21-19-17-15-13-11-9-7-2/h9,11,15,17-18,20-21,23-24,26-27,29-30,32,58H,6-8,10,12-14,16,19,22,25,28,31,33-57H2,1-5H3/b11-9-,17-15-,20-18-,23-21-,26-24-,29-27-,32-30-. The molecule has 0 spiro atoms. The first-order valence-electron chi connectivity index (χ1n) is 28.3. The largest absolute Gasteiger partial charge is 0.756 e. The molecule has 0 radical (unpaired) electrons. The third-order valence-electron chi connectivity index (χ3n) is 11.9. The average Bonchev–Trinajstić information content (AvgIpc) is 3.32. The Morgan fingerprint density at radius 1 is 0.457 bits per heavy atom. The highest BCUT2D eigenvalue weighted by atomic mass is 31.2. The van der Waals surface area contributed by atoms with Crippen molar-refractivity contribution >= 4 is 19.8 Å².